The van der Waals surface area contributed by atoms with E-state index in [1.807, 2.05) is 60.7 Å². The maximum absolute atomic E-state index is 6.08. The van der Waals surface area contributed by atoms with Crippen molar-refractivity contribution < 1.29 is 4.74 Å². The molecule has 0 aliphatic carbocycles. The summed E-state index contributed by atoms with van der Waals surface area (Å²) in [6, 6.07) is 29.3. The van der Waals surface area contributed by atoms with E-state index >= 15 is 0 Å². The predicted octanol–water partition coefficient (Wildman–Crippen LogP) is 5.78. The zero-order chi connectivity index (χ0) is 20.9. The second kappa shape index (κ2) is 8.76. The van der Waals surface area contributed by atoms with Crippen LogP contribution in [0.1, 0.15) is 5.56 Å². The van der Waals surface area contributed by atoms with Crippen LogP contribution in [0.5, 0.6) is 5.88 Å². The third kappa shape index (κ3) is 4.14. The molecule has 0 aliphatic heterocycles. The Kier molecular flexibility index (Phi) is 5.35. The second-order valence-corrected chi connectivity index (χ2v) is 7.18. The van der Waals surface area contributed by atoms with Crippen molar-refractivity contribution in [3.8, 4) is 28.3 Å². The van der Waals surface area contributed by atoms with Crippen LogP contribution in [-0.4, -0.2) is 21.6 Å². The summed E-state index contributed by atoms with van der Waals surface area (Å²) in [5, 5.41) is 0.905. The monoisotopic (exact) mass is 402 g/mol. The summed E-state index contributed by atoms with van der Waals surface area (Å²) in [7, 11) is 0. The van der Waals surface area contributed by atoms with Gasteiger partial charge in [0, 0.05) is 36.1 Å². The highest BCUT2D eigenvalue weighted by molar-refractivity contribution is 5.93. The molecule has 0 bridgehead atoms. The largest absolute Gasteiger partial charge is 0.477 e. The highest BCUT2D eigenvalue weighted by Gasteiger charge is 2.14. The molecule has 3 heterocycles. The van der Waals surface area contributed by atoms with Crippen molar-refractivity contribution in [2.45, 2.75) is 6.42 Å². The Morgan fingerprint density at radius 3 is 2.42 bits per heavy atom. The quantitative estimate of drug-likeness (QED) is 0.361. The van der Waals surface area contributed by atoms with Crippen LogP contribution in [0.2, 0.25) is 0 Å². The summed E-state index contributed by atoms with van der Waals surface area (Å²) in [5.41, 5.74) is 6.17. The first-order chi connectivity index (χ1) is 15.4. The minimum absolute atomic E-state index is 0.535. The minimum Gasteiger partial charge on any atom is -0.477 e. The first-order valence-corrected chi connectivity index (χ1v) is 10.2. The number of fused-ring (bicyclic) bond motifs is 1. The van der Waals surface area contributed by atoms with E-state index in [2.05, 4.69) is 34.2 Å². The summed E-state index contributed by atoms with van der Waals surface area (Å²) in [5.74, 6) is 0.601. The number of pyridine rings is 3. The van der Waals surface area contributed by atoms with E-state index in [4.69, 9.17) is 9.72 Å². The third-order valence-corrected chi connectivity index (χ3v) is 5.16. The average molecular weight is 402 g/mol. The van der Waals surface area contributed by atoms with Gasteiger partial charge < -0.3 is 4.74 Å². The smallest absolute Gasteiger partial charge is 0.222 e. The number of aromatic nitrogens is 3. The van der Waals surface area contributed by atoms with Crippen molar-refractivity contribution in [2.75, 3.05) is 6.61 Å². The lowest BCUT2D eigenvalue weighted by Gasteiger charge is -2.14. The fraction of sp³-hybridized carbons (Fsp3) is 0.0741. The molecule has 0 aliphatic rings. The SMILES string of the molecule is [c]1ccc(-c2nc3ccnc(OCCc4ccncc4)c3cc2-c2ccccc2)cc1. The molecule has 0 fully saturated rings. The molecule has 1 radical (unpaired) electrons. The molecule has 0 atom stereocenters. The van der Waals surface area contributed by atoms with Crippen molar-refractivity contribution in [1.29, 1.82) is 0 Å². The molecule has 5 aromatic rings. The van der Waals surface area contributed by atoms with Crippen molar-refractivity contribution >= 4 is 10.9 Å². The normalized spacial score (nSPS) is 10.8. The maximum atomic E-state index is 6.08. The Balaban J connectivity index is 1.56. The van der Waals surface area contributed by atoms with Crippen LogP contribution < -0.4 is 4.74 Å². The summed E-state index contributed by atoms with van der Waals surface area (Å²) < 4.78 is 6.08. The summed E-state index contributed by atoms with van der Waals surface area (Å²) in [4.78, 5) is 13.6. The molecule has 4 heteroatoms. The van der Waals surface area contributed by atoms with Crippen molar-refractivity contribution in [1.82, 2.24) is 15.0 Å². The highest BCUT2D eigenvalue weighted by Crippen LogP contribution is 2.35. The molecule has 4 nitrogen and oxygen atoms in total. The van der Waals surface area contributed by atoms with Gasteiger partial charge in [-0.25, -0.2) is 9.97 Å². The van der Waals surface area contributed by atoms with Gasteiger partial charge in [0.2, 0.25) is 5.88 Å². The van der Waals surface area contributed by atoms with Gasteiger partial charge in [0.1, 0.15) is 0 Å². The maximum Gasteiger partial charge on any atom is 0.222 e. The van der Waals surface area contributed by atoms with Crippen molar-refractivity contribution in [3.63, 3.8) is 0 Å². The first-order valence-electron chi connectivity index (χ1n) is 10.2. The van der Waals surface area contributed by atoms with Crippen LogP contribution in [0.4, 0.5) is 0 Å². The van der Waals surface area contributed by atoms with Crippen LogP contribution >= 0.6 is 0 Å². The second-order valence-electron chi connectivity index (χ2n) is 7.18. The van der Waals surface area contributed by atoms with Gasteiger partial charge in [0.05, 0.1) is 23.2 Å². The molecule has 0 saturated heterocycles. The zero-order valence-electron chi connectivity index (χ0n) is 16.9. The van der Waals surface area contributed by atoms with Crippen LogP contribution in [0.15, 0.2) is 97.5 Å². The van der Waals surface area contributed by atoms with Crippen molar-refractivity contribution in [3.05, 3.63) is 109 Å². The highest BCUT2D eigenvalue weighted by atomic mass is 16.5. The van der Waals surface area contributed by atoms with Crippen molar-refractivity contribution in [2.24, 2.45) is 0 Å². The third-order valence-electron chi connectivity index (χ3n) is 5.16. The van der Waals surface area contributed by atoms with E-state index in [9.17, 15) is 0 Å². The van der Waals surface area contributed by atoms with E-state index in [1.165, 1.54) is 5.56 Å². The van der Waals surface area contributed by atoms with Gasteiger partial charge in [-0.2, -0.15) is 0 Å². The minimum atomic E-state index is 0.535. The van der Waals surface area contributed by atoms with Gasteiger partial charge in [-0.05, 0) is 41.5 Å². The van der Waals surface area contributed by atoms with E-state index in [-0.39, 0.29) is 0 Å². The number of rotatable bonds is 6. The summed E-state index contributed by atoms with van der Waals surface area (Å²) in [6.45, 7) is 0.535. The van der Waals surface area contributed by atoms with Gasteiger partial charge in [0.25, 0.3) is 0 Å². The first kappa shape index (κ1) is 18.9. The standard InChI is InChI=1S/C27H20N3O/c1-3-7-21(8-4-1)23-19-24-25(30-26(23)22-9-5-2-6-10-22)13-17-29-27(24)31-18-14-20-11-15-28-16-12-20/h1,3-13,15-17,19H,14,18H2. The molecule has 0 unspecified atom stereocenters. The molecule has 3 aromatic heterocycles. The average Bonchev–Trinajstić information content (AvgIpc) is 2.85. The van der Waals surface area contributed by atoms with E-state index in [0.29, 0.717) is 12.5 Å². The number of benzene rings is 2. The fourth-order valence-electron chi connectivity index (χ4n) is 3.60. The van der Waals surface area contributed by atoms with Gasteiger partial charge in [-0.3, -0.25) is 4.98 Å². The van der Waals surface area contributed by atoms with Gasteiger partial charge in [0.15, 0.2) is 0 Å². The Labute approximate surface area is 181 Å². The van der Waals surface area contributed by atoms with Crippen LogP contribution in [0.25, 0.3) is 33.3 Å². The topological polar surface area (TPSA) is 47.9 Å². The predicted molar refractivity (Wildman–Crippen MR) is 123 cm³/mol. The molecule has 5 rings (SSSR count). The molecule has 149 valence electrons. The molecule has 31 heavy (non-hydrogen) atoms. The lowest BCUT2D eigenvalue weighted by molar-refractivity contribution is 0.313. The summed E-state index contributed by atoms with van der Waals surface area (Å²) >= 11 is 0. The van der Waals surface area contributed by atoms with E-state index < -0.39 is 0 Å². The summed E-state index contributed by atoms with van der Waals surface area (Å²) in [6.07, 6.45) is 6.13. The van der Waals surface area contributed by atoms with Gasteiger partial charge in [-0.1, -0.05) is 54.6 Å². The number of nitrogens with zero attached hydrogens (tertiary/aromatic N) is 3. The Morgan fingerprint density at radius 1 is 0.806 bits per heavy atom. The Morgan fingerprint density at radius 2 is 1.61 bits per heavy atom. The zero-order valence-corrected chi connectivity index (χ0v) is 16.9. The number of hydrogen-bond donors (Lipinski definition) is 0. The van der Waals surface area contributed by atoms with E-state index in [0.717, 1.165) is 39.7 Å². The number of ether oxygens (including phenoxy) is 1. The molecule has 0 spiro atoms. The molecule has 2 aromatic carbocycles. The molecular weight excluding hydrogens is 382 g/mol. The van der Waals surface area contributed by atoms with Crippen LogP contribution in [0.3, 0.4) is 0 Å². The van der Waals surface area contributed by atoms with Gasteiger partial charge >= 0.3 is 0 Å². The van der Waals surface area contributed by atoms with Crippen LogP contribution in [-0.2, 0) is 6.42 Å². The lowest BCUT2D eigenvalue weighted by Crippen LogP contribution is -2.04. The van der Waals surface area contributed by atoms with Crippen LogP contribution in [0, 0.1) is 6.07 Å². The number of hydrogen-bond acceptors (Lipinski definition) is 4. The van der Waals surface area contributed by atoms with E-state index in [1.54, 1.807) is 18.6 Å². The Hall–Kier alpha value is -4.05. The molecule has 0 saturated carbocycles. The molecule has 0 N–H and O–H groups in total. The molecule has 0 amide bonds. The fourth-order valence-corrected chi connectivity index (χ4v) is 3.60. The van der Waals surface area contributed by atoms with Gasteiger partial charge in [-0.15, -0.1) is 0 Å². The Bertz CT molecular complexity index is 1290. The lowest BCUT2D eigenvalue weighted by atomic mass is 9.98. The molecular formula is C27H20N3O.